The first-order valence-corrected chi connectivity index (χ1v) is 6.91. The summed E-state index contributed by atoms with van der Waals surface area (Å²) in [5.41, 5.74) is 0.777. The second-order valence-electron chi connectivity index (χ2n) is 5.39. The normalized spacial score (nSPS) is 11.7. The van der Waals surface area contributed by atoms with Gasteiger partial charge in [-0.25, -0.2) is 0 Å². The summed E-state index contributed by atoms with van der Waals surface area (Å²) in [6.07, 6.45) is 1.71. The van der Waals surface area contributed by atoms with E-state index in [1.54, 1.807) is 24.5 Å². The molecule has 2 rings (SSSR count). The van der Waals surface area contributed by atoms with Crippen molar-refractivity contribution in [3.8, 4) is 11.8 Å². The van der Waals surface area contributed by atoms with Crippen molar-refractivity contribution in [2.45, 2.75) is 32.9 Å². The summed E-state index contributed by atoms with van der Waals surface area (Å²) in [6.45, 7) is 6.85. The Morgan fingerprint density at radius 2 is 2.05 bits per heavy atom. The largest absolute Gasteiger partial charge is 0.417 e. The van der Waals surface area contributed by atoms with Crippen LogP contribution in [0.15, 0.2) is 28.9 Å². The summed E-state index contributed by atoms with van der Waals surface area (Å²) < 4.78 is 10.7. The molecule has 0 aliphatic carbocycles. The highest BCUT2D eigenvalue weighted by atomic mass is 35.5. The van der Waals surface area contributed by atoms with Gasteiger partial charge in [-0.1, -0.05) is 23.2 Å². The zero-order valence-electron chi connectivity index (χ0n) is 11.5. The van der Waals surface area contributed by atoms with E-state index < -0.39 is 0 Å². The van der Waals surface area contributed by atoms with Crippen LogP contribution in [-0.2, 0) is 6.54 Å². The molecule has 0 saturated carbocycles. The van der Waals surface area contributed by atoms with Crippen LogP contribution in [0.3, 0.4) is 0 Å². The van der Waals surface area contributed by atoms with E-state index >= 15 is 0 Å². The Morgan fingerprint density at radius 3 is 2.70 bits per heavy atom. The summed E-state index contributed by atoms with van der Waals surface area (Å²) in [6, 6.07) is 4.96. The lowest BCUT2D eigenvalue weighted by Crippen LogP contribution is -2.35. The number of hydrogen-bond acceptors (Lipinski definition) is 4. The number of nitrogens with one attached hydrogen (secondary N) is 1. The monoisotopic (exact) mass is 314 g/mol. The fraction of sp³-hybridized carbons (Fsp3) is 0.357. The van der Waals surface area contributed by atoms with E-state index in [0.717, 1.165) is 5.69 Å². The van der Waals surface area contributed by atoms with Crippen LogP contribution in [-0.4, -0.2) is 10.5 Å². The summed E-state index contributed by atoms with van der Waals surface area (Å²) in [5, 5.41) is 4.27. The lowest BCUT2D eigenvalue weighted by molar-refractivity contribution is 0.331. The number of halogens is 2. The van der Waals surface area contributed by atoms with Gasteiger partial charge in [-0.3, -0.25) is 0 Å². The van der Waals surface area contributed by atoms with E-state index in [2.05, 4.69) is 31.1 Å². The minimum Gasteiger partial charge on any atom is -0.417 e. The Balaban J connectivity index is 2.02. The van der Waals surface area contributed by atoms with Crippen molar-refractivity contribution in [2.24, 2.45) is 0 Å². The maximum Gasteiger partial charge on any atom is 0.399 e. The molecular formula is C14H16Cl2N2O2. The molecule has 4 nitrogen and oxygen atoms in total. The van der Waals surface area contributed by atoms with E-state index in [9.17, 15) is 0 Å². The number of benzene rings is 1. The van der Waals surface area contributed by atoms with Crippen molar-refractivity contribution in [3.05, 3.63) is 40.2 Å². The number of nitrogens with zero attached hydrogens (tertiary/aromatic N) is 1. The molecule has 0 aliphatic heterocycles. The van der Waals surface area contributed by atoms with Crippen LogP contribution in [0.5, 0.6) is 11.8 Å². The highest BCUT2D eigenvalue weighted by Gasteiger charge is 2.12. The number of oxazole rings is 1. The van der Waals surface area contributed by atoms with Gasteiger partial charge in [0.15, 0.2) is 5.75 Å². The summed E-state index contributed by atoms with van der Waals surface area (Å²) in [7, 11) is 0. The second-order valence-corrected chi connectivity index (χ2v) is 6.23. The Hall–Kier alpha value is -1.23. The van der Waals surface area contributed by atoms with E-state index in [4.69, 9.17) is 32.4 Å². The maximum absolute atomic E-state index is 6.02. The molecule has 0 spiro atoms. The SMILES string of the molecule is CC(C)(C)NCc1coc(Oc2ccc(Cl)cc2Cl)n1. The Morgan fingerprint density at radius 1 is 1.30 bits per heavy atom. The van der Waals surface area contributed by atoms with Crippen LogP contribution in [0, 0.1) is 0 Å². The quantitative estimate of drug-likeness (QED) is 0.891. The van der Waals surface area contributed by atoms with Crippen LogP contribution in [0.2, 0.25) is 10.0 Å². The van der Waals surface area contributed by atoms with Crippen molar-refractivity contribution < 1.29 is 9.15 Å². The summed E-state index contributed by atoms with van der Waals surface area (Å²) >= 11 is 11.8. The van der Waals surface area contributed by atoms with Crippen molar-refractivity contribution in [2.75, 3.05) is 0 Å². The second kappa shape index (κ2) is 6.04. The van der Waals surface area contributed by atoms with Gasteiger partial charge in [0.25, 0.3) is 0 Å². The van der Waals surface area contributed by atoms with Gasteiger partial charge in [0.05, 0.1) is 10.7 Å². The van der Waals surface area contributed by atoms with Gasteiger partial charge in [-0.05, 0) is 39.0 Å². The average Bonchev–Trinajstić information content (AvgIpc) is 2.77. The van der Waals surface area contributed by atoms with Crippen LogP contribution < -0.4 is 10.1 Å². The Bertz CT molecular complexity index is 591. The van der Waals surface area contributed by atoms with E-state index in [1.165, 1.54) is 0 Å². The van der Waals surface area contributed by atoms with Gasteiger partial charge < -0.3 is 14.5 Å². The Labute approximate surface area is 128 Å². The van der Waals surface area contributed by atoms with Crippen molar-refractivity contribution >= 4 is 23.2 Å². The molecule has 1 heterocycles. The molecule has 1 aromatic carbocycles. The molecule has 20 heavy (non-hydrogen) atoms. The average molecular weight is 315 g/mol. The van der Waals surface area contributed by atoms with E-state index in [0.29, 0.717) is 22.3 Å². The van der Waals surface area contributed by atoms with Crippen LogP contribution in [0.1, 0.15) is 26.5 Å². The zero-order valence-corrected chi connectivity index (χ0v) is 13.0. The molecule has 0 amide bonds. The minimum absolute atomic E-state index is 0.0134. The van der Waals surface area contributed by atoms with Gasteiger partial charge in [0, 0.05) is 17.1 Å². The molecule has 108 valence electrons. The topological polar surface area (TPSA) is 47.3 Å². The zero-order chi connectivity index (χ0) is 14.8. The third-order valence-corrected chi connectivity index (χ3v) is 2.95. The van der Waals surface area contributed by atoms with Gasteiger partial charge in [0.1, 0.15) is 6.26 Å². The molecule has 0 fully saturated rings. The van der Waals surface area contributed by atoms with Gasteiger partial charge in [-0.15, -0.1) is 0 Å². The molecule has 1 N–H and O–H groups in total. The first-order chi connectivity index (χ1) is 9.33. The minimum atomic E-state index is 0.0134. The lowest BCUT2D eigenvalue weighted by atomic mass is 10.1. The first-order valence-electron chi connectivity index (χ1n) is 6.16. The predicted molar refractivity (Wildman–Crippen MR) is 79.6 cm³/mol. The molecule has 1 aromatic heterocycles. The van der Waals surface area contributed by atoms with Crippen LogP contribution in [0.4, 0.5) is 0 Å². The smallest absolute Gasteiger partial charge is 0.399 e. The Kier molecular flexibility index (Phi) is 4.58. The lowest BCUT2D eigenvalue weighted by Gasteiger charge is -2.19. The summed E-state index contributed by atoms with van der Waals surface area (Å²) in [5.74, 6) is 0.452. The van der Waals surface area contributed by atoms with E-state index in [1.807, 2.05) is 0 Å². The van der Waals surface area contributed by atoms with Gasteiger partial charge in [-0.2, -0.15) is 4.98 Å². The number of hydrogen-bond donors (Lipinski definition) is 1. The third kappa shape index (κ3) is 4.40. The van der Waals surface area contributed by atoms with E-state index in [-0.39, 0.29) is 11.6 Å². The summed E-state index contributed by atoms with van der Waals surface area (Å²) in [4.78, 5) is 4.23. The fourth-order valence-corrected chi connectivity index (χ4v) is 1.87. The maximum atomic E-state index is 6.02. The van der Waals surface area contributed by atoms with Crippen LogP contribution in [0.25, 0.3) is 0 Å². The van der Waals surface area contributed by atoms with Gasteiger partial charge >= 0.3 is 6.08 Å². The van der Waals surface area contributed by atoms with Crippen molar-refractivity contribution in [1.29, 1.82) is 0 Å². The highest BCUT2D eigenvalue weighted by molar-refractivity contribution is 6.35. The van der Waals surface area contributed by atoms with Crippen LogP contribution >= 0.6 is 23.2 Å². The third-order valence-electron chi connectivity index (χ3n) is 2.42. The molecule has 0 radical (unpaired) electrons. The fourth-order valence-electron chi connectivity index (χ4n) is 1.42. The van der Waals surface area contributed by atoms with Crippen molar-refractivity contribution in [3.63, 3.8) is 0 Å². The first kappa shape index (κ1) is 15.2. The molecule has 0 unspecified atom stereocenters. The van der Waals surface area contributed by atoms with Gasteiger partial charge in [0.2, 0.25) is 0 Å². The molecule has 0 bridgehead atoms. The molecule has 2 aromatic rings. The number of rotatable bonds is 4. The molecule has 0 aliphatic rings. The number of ether oxygens (including phenoxy) is 1. The predicted octanol–water partition coefficient (Wildman–Crippen LogP) is 4.66. The highest BCUT2D eigenvalue weighted by Crippen LogP contribution is 2.31. The molecular weight excluding hydrogens is 299 g/mol. The van der Waals surface area contributed by atoms with Crippen molar-refractivity contribution in [1.82, 2.24) is 10.3 Å². The molecule has 6 heteroatoms. The molecule has 0 saturated heterocycles. The number of aromatic nitrogens is 1. The molecule has 0 atom stereocenters. The standard InChI is InChI=1S/C14H16Cl2N2O2/c1-14(2,3)17-7-10-8-19-13(18-10)20-12-5-4-9(15)6-11(12)16/h4-6,8,17H,7H2,1-3H3.